The van der Waals surface area contributed by atoms with Gasteiger partial charge in [0.2, 0.25) is 5.88 Å². The van der Waals surface area contributed by atoms with Gasteiger partial charge in [0.05, 0.1) is 31.3 Å². The number of pyridine rings is 1. The highest BCUT2D eigenvalue weighted by atomic mass is 16.5. The maximum Gasteiger partial charge on any atom is 0.274 e. The summed E-state index contributed by atoms with van der Waals surface area (Å²) in [4.78, 5) is 29.6. The normalized spacial score (nSPS) is 10.9. The maximum atomic E-state index is 12.9. The van der Waals surface area contributed by atoms with Gasteiger partial charge in [0, 0.05) is 31.0 Å². The number of hydrogen-bond acceptors (Lipinski definition) is 6. The van der Waals surface area contributed by atoms with E-state index >= 15 is 0 Å². The van der Waals surface area contributed by atoms with Crippen molar-refractivity contribution in [2.45, 2.75) is 13.1 Å². The van der Waals surface area contributed by atoms with Gasteiger partial charge in [0.25, 0.3) is 11.5 Å². The molecular formula is C21H20N6O3. The summed E-state index contributed by atoms with van der Waals surface area (Å²) < 4.78 is 8.05. The number of benzene rings is 1. The van der Waals surface area contributed by atoms with E-state index in [1.165, 1.54) is 16.5 Å². The first-order valence-electron chi connectivity index (χ1n) is 9.30. The first-order chi connectivity index (χ1) is 14.6. The molecule has 0 atom stereocenters. The molecule has 4 rings (SSSR count). The van der Waals surface area contributed by atoms with Crippen LogP contribution in [0.4, 0.5) is 0 Å². The highest BCUT2D eigenvalue weighted by Gasteiger charge is 2.17. The Hall–Kier alpha value is -4.01. The van der Waals surface area contributed by atoms with Gasteiger partial charge >= 0.3 is 0 Å². The van der Waals surface area contributed by atoms with E-state index in [1.807, 2.05) is 24.3 Å². The van der Waals surface area contributed by atoms with Crippen LogP contribution >= 0.6 is 0 Å². The Kier molecular flexibility index (Phi) is 5.25. The smallest absolute Gasteiger partial charge is 0.274 e. The minimum atomic E-state index is -0.337. The SMILES string of the molecule is COc1nn(C)cc1C(=O)NCc1nn(Cc2cccnc2)c(=O)c2ccccc12. The summed E-state index contributed by atoms with van der Waals surface area (Å²) in [5.74, 6) is -0.0924. The lowest BCUT2D eigenvalue weighted by Gasteiger charge is -2.12. The number of aromatic nitrogens is 5. The molecule has 0 bridgehead atoms. The quantitative estimate of drug-likeness (QED) is 0.522. The summed E-state index contributed by atoms with van der Waals surface area (Å²) in [6.07, 6.45) is 4.95. The molecule has 3 heterocycles. The molecule has 3 aromatic heterocycles. The number of rotatable bonds is 6. The minimum Gasteiger partial charge on any atom is -0.479 e. The first kappa shape index (κ1) is 19.3. The van der Waals surface area contributed by atoms with Gasteiger partial charge in [-0.2, -0.15) is 5.10 Å². The fourth-order valence-electron chi connectivity index (χ4n) is 3.24. The largest absolute Gasteiger partial charge is 0.479 e. The Morgan fingerprint density at radius 3 is 2.67 bits per heavy atom. The molecule has 9 nitrogen and oxygen atoms in total. The van der Waals surface area contributed by atoms with Crippen LogP contribution in [0.1, 0.15) is 21.6 Å². The van der Waals surface area contributed by atoms with Crippen molar-refractivity contribution in [3.8, 4) is 5.88 Å². The van der Waals surface area contributed by atoms with Crippen molar-refractivity contribution in [3.05, 3.63) is 82.2 Å². The molecule has 0 saturated heterocycles. The fraction of sp³-hybridized carbons (Fsp3) is 0.190. The zero-order valence-electron chi connectivity index (χ0n) is 16.6. The third-order valence-corrected chi connectivity index (χ3v) is 4.65. The summed E-state index contributed by atoms with van der Waals surface area (Å²) in [6.45, 7) is 0.430. The predicted octanol–water partition coefficient (Wildman–Crippen LogP) is 1.51. The van der Waals surface area contributed by atoms with Gasteiger partial charge in [0.15, 0.2) is 0 Å². The number of amides is 1. The second kappa shape index (κ2) is 8.16. The molecule has 0 spiro atoms. The molecule has 9 heteroatoms. The van der Waals surface area contributed by atoms with Crippen molar-refractivity contribution in [1.82, 2.24) is 29.9 Å². The number of methoxy groups -OCH3 is 1. The van der Waals surface area contributed by atoms with Crippen LogP contribution in [0.2, 0.25) is 0 Å². The van der Waals surface area contributed by atoms with Crippen LogP contribution in [-0.4, -0.2) is 37.6 Å². The zero-order chi connectivity index (χ0) is 21.1. The average molecular weight is 404 g/mol. The van der Waals surface area contributed by atoms with Crippen LogP contribution in [0, 0.1) is 0 Å². The van der Waals surface area contributed by atoms with Crippen LogP contribution in [0.15, 0.2) is 59.8 Å². The Morgan fingerprint density at radius 2 is 1.93 bits per heavy atom. The highest BCUT2D eigenvalue weighted by Crippen LogP contribution is 2.16. The Labute approximate surface area is 171 Å². The van der Waals surface area contributed by atoms with Gasteiger partial charge in [-0.15, -0.1) is 5.10 Å². The standard InChI is InChI=1S/C21H20N6O3/c1-26-13-17(20(25-26)30-2)19(28)23-11-18-15-7-3-4-8-16(15)21(29)27(24-18)12-14-6-5-9-22-10-14/h3-10,13H,11-12H2,1-2H3,(H,23,28). The number of nitrogens with one attached hydrogen (secondary N) is 1. The van der Waals surface area contributed by atoms with Crippen LogP contribution in [0.3, 0.4) is 0 Å². The fourth-order valence-corrected chi connectivity index (χ4v) is 3.24. The molecule has 0 unspecified atom stereocenters. The van der Waals surface area contributed by atoms with Crippen LogP contribution < -0.4 is 15.6 Å². The summed E-state index contributed by atoms with van der Waals surface area (Å²) in [6, 6.07) is 10.9. The van der Waals surface area contributed by atoms with E-state index in [-0.39, 0.29) is 30.4 Å². The van der Waals surface area contributed by atoms with Crippen molar-refractivity contribution in [3.63, 3.8) is 0 Å². The number of hydrogen-bond donors (Lipinski definition) is 1. The predicted molar refractivity (Wildman–Crippen MR) is 110 cm³/mol. The first-order valence-corrected chi connectivity index (χ1v) is 9.30. The van der Waals surface area contributed by atoms with E-state index in [4.69, 9.17) is 4.74 Å². The average Bonchev–Trinajstić information content (AvgIpc) is 3.16. The van der Waals surface area contributed by atoms with Crippen molar-refractivity contribution >= 4 is 16.7 Å². The Balaban J connectivity index is 1.67. The van der Waals surface area contributed by atoms with Crippen LogP contribution in [0.5, 0.6) is 5.88 Å². The topological polar surface area (TPSA) is 104 Å². The minimum absolute atomic E-state index is 0.144. The third-order valence-electron chi connectivity index (χ3n) is 4.65. The van der Waals surface area contributed by atoms with E-state index < -0.39 is 0 Å². The van der Waals surface area contributed by atoms with E-state index in [2.05, 4.69) is 20.5 Å². The molecule has 0 saturated carbocycles. The molecule has 30 heavy (non-hydrogen) atoms. The molecule has 0 radical (unpaired) electrons. The second-order valence-corrected chi connectivity index (χ2v) is 6.72. The second-order valence-electron chi connectivity index (χ2n) is 6.72. The van der Waals surface area contributed by atoms with Crippen molar-refractivity contribution in [2.24, 2.45) is 7.05 Å². The van der Waals surface area contributed by atoms with Crippen LogP contribution in [-0.2, 0) is 20.1 Å². The lowest BCUT2D eigenvalue weighted by molar-refractivity contribution is 0.0947. The summed E-state index contributed by atoms with van der Waals surface area (Å²) in [7, 11) is 3.17. The molecule has 0 aliphatic carbocycles. The molecule has 1 amide bonds. The number of ether oxygens (including phenoxy) is 1. The van der Waals surface area contributed by atoms with Crippen molar-refractivity contribution in [2.75, 3.05) is 7.11 Å². The van der Waals surface area contributed by atoms with Crippen LogP contribution in [0.25, 0.3) is 10.8 Å². The van der Waals surface area contributed by atoms with E-state index in [0.29, 0.717) is 22.0 Å². The maximum absolute atomic E-state index is 12.9. The summed E-state index contributed by atoms with van der Waals surface area (Å²) in [5, 5.41) is 12.7. The van der Waals surface area contributed by atoms with Gasteiger partial charge in [-0.1, -0.05) is 24.3 Å². The number of nitrogens with zero attached hydrogens (tertiary/aromatic N) is 5. The Bertz CT molecular complexity index is 1260. The molecule has 1 N–H and O–H groups in total. The number of carbonyl (C=O) groups is 1. The van der Waals surface area contributed by atoms with Gasteiger partial charge in [-0.05, 0) is 17.7 Å². The van der Waals surface area contributed by atoms with Crippen molar-refractivity contribution in [1.29, 1.82) is 0 Å². The molecular weight excluding hydrogens is 384 g/mol. The Morgan fingerprint density at radius 1 is 1.13 bits per heavy atom. The van der Waals surface area contributed by atoms with E-state index in [0.717, 1.165) is 5.56 Å². The van der Waals surface area contributed by atoms with E-state index in [9.17, 15) is 9.59 Å². The summed E-state index contributed by atoms with van der Waals surface area (Å²) >= 11 is 0. The monoisotopic (exact) mass is 404 g/mol. The summed E-state index contributed by atoms with van der Waals surface area (Å²) in [5.41, 5.74) is 1.58. The molecule has 1 aromatic carbocycles. The lowest BCUT2D eigenvalue weighted by Crippen LogP contribution is -2.29. The lowest BCUT2D eigenvalue weighted by atomic mass is 10.1. The van der Waals surface area contributed by atoms with Gasteiger partial charge in [0.1, 0.15) is 5.56 Å². The van der Waals surface area contributed by atoms with Crippen molar-refractivity contribution < 1.29 is 9.53 Å². The molecule has 0 aliphatic rings. The molecule has 0 fully saturated rings. The number of carbonyl (C=O) groups excluding carboxylic acids is 1. The molecule has 4 aromatic rings. The zero-order valence-corrected chi connectivity index (χ0v) is 16.6. The van der Waals surface area contributed by atoms with Gasteiger partial charge < -0.3 is 10.1 Å². The third kappa shape index (κ3) is 3.77. The highest BCUT2D eigenvalue weighted by molar-refractivity contribution is 5.96. The van der Waals surface area contributed by atoms with Gasteiger partial charge in [-0.3, -0.25) is 19.3 Å². The molecule has 152 valence electrons. The molecule has 0 aliphatic heterocycles. The van der Waals surface area contributed by atoms with E-state index in [1.54, 1.807) is 37.8 Å². The number of fused-ring (bicyclic) bond motifs is 1. The number of aryl methyl sites for hydroxylation is 1. The van der Waals surface area contributed by atoms with Gasteiger partial charge in [-0.25, -0.2) is 4.68 Å².